The summed E-state index contributed by atoms with van der Waals surface area (Å²) in [6.07, 6.45) is 11.5. The minimum Gasteiger partial charge on any atom is -0.508 e. The van der Waals surface area contributed by atoms with E-state index in [1.54, 1.807) is 24.3 Å². The van der Waals surface area contributed by atoms with Crippen LogP contribution in [-0.2, 0) is 0 Å². The molecule has 146 valence electrons. The van der Waals surface area contributed by atoms with E-state index in [0.29, 0.717) is 0 Å². The number of aromatic nitrogens is 2. The Morgan fingerprint density at radius 1 is 0.467 bits per heavy atom. The number of hydrogen-bond donors (Lipinski definition) is 2. The number of pyridine rings is 2. The van der Waals surface area contributed by atoms with Crippen LogP contribution < -0.4 is 0 Å². The summed E-state index contributed by atoms with van der Waals surface area (Å²) in [5.74, 6) is 0.509. The Bertz CT molecular complexity index is 1060. The van der Waals surface area contributed by atoms with Crippen LogP contribution in [0, 0.1) is 0 Å². The fourth-order valence-electron chi connectivity index (χ4n) is 2.88. The van der Waals surface area contributed by atoms with Gasteiger partial charge in [0.15, 0.2) is 0 Å². The number of rotatable bonds is 5. The molecular formula is C26H20N2O2. The van der Waals surface area contributed by atoms with Gasteiger partial charge in [-0.3, -0.25) is 9.97 Å². The smallest absolute Gasteiger partial charge is 0.115 e. The molecule has 0 unspecified atom stereocenters. The number of phenolic OH excluding ortho intramolecular Hbond substituents is 2. The molecule has 0 amide bonds. The molecule has 30 heavy (non-hydrogen) atoms. The van der Waals surface area contributed by atoms with E-state index in [0.717, 1.165) is 33.6 Å². The van der Waals surface area contributed by atoms with Crippen LogP contribution in [0.2, 0.25) is 0 Å². The summed E-state index contributed by atoms with van der Waals surface area (Å²) in [7, 11) is 0. The molecule has 4 aromatic rings. The number of benzene rings is 2. The monoisotopic (exact) mass is 392 g/mol. The Morgan fingerprint density at radius 2 is 0.867 bits per heavy atom. The minimum absolute atomic E-state index is 0.255. The summed E-state index contributed by atoms with van der Waals surface area (Å²) < 4.78 is 0. The zero-order valence-electron chi connectivity index (χ0n) is 16.2. The van der Waals surface area contributed by atoms with Crippen molar-refractivity contribution >= 4 is 24.3 Å². The number of nitrogens with zero attached hydrogens (tertiary/aromatic N) is 2. The third-order valence-electron chi connectivity index (χ3n) is 4.59. The van der Waals surface area contributed by atoms with Gasteiger partial charge in [-0.05, 0) is 59.7 Å². The van der Waals surface area contributed by atoms with E-state index in [1.165, 1.54) is 0 Å². The van der Waals surface area contributed by atoms with Crippen LogP contribution in [0.15, 0.2) is 85.2 Å². The van der Waals surface area contributed by atoms with Gasteiger partial charge in [-0.15, -0.1) is 0 Å². The molecule has 0 aliphatic heterocycles. The Morgan fingerprint density at radius 3 is 1.20 bits per heavy atom. The zero-order chi connectivity index (χ0) is 20.8. The van der Waals surface area contributed by atoms with Crippen LogP contribution >= 0.6 is 0 Å². The maximum absolute atomic E-state index is 9.34. The van der Waals surface area contributed by atoms with Gasteiger partial charge < -0.3 is 10.2 Å². The molecule has 0 spiro atoms. The van der Waals surface area contributed by atoms with Crippen molar-refractivity contribution in [2.45, 2.75) is 0 Å². The van der Waals surface area contributed by atoms with E-state index in [1.807, 2.05) is 85.2 Å². The largest absolute Gasteiger partial charge is 0.508 e. The van der Waals surface area contributed by atoms with Gasteiger partial charge in [0.05, 0.1) is 11.4 Å². The van der Waals surface area contributed by atoms with Crippen LogP contribution in [0.3, 0.4) is 0 Å². The summed E-state index contributed by atoms with van der Waals surface area (Å²) in [5, 5.41) is 18.7. The molecule has 2 N–H and O–H groups in total. The second-order valence-electron chi connectivity index (χ2n) is 6.79. The van der Waals surface area contributed by atoms with Crippen LogP contribution in [0.5, 0.6) is 11.5 Å². The van der Waals surface area contributed by atoms with Gasteiger partial charge in [-0.2, -0.15) is 0 Å². The Kier molecular flexibility index (Phi) is 5.67. The van der Waals surface area contributed by atoms with E-state index in [4.69, 9.17) is 0 Å². The summed E-state index contributed by atoms with van der Waals surface area (Å²) in [5.41, 5.74) is 5.70. The van der Waals surface area contributed by atoms with Gasteiger partial charge in [-0.1, -0.05) is 48.6 Å². The second-order valence-corrected chi connectivity index (χ2v) is 6.79. The maximum Gasteiger partial charge on any atom is 0.115 e. The predicted molar refractivity (Wildman–Crippen MR) is 122 cm³/mol. The van der Waals surface area contributed by atoms with Crippen molar-refractivity contribution in [1.82, 2.24) is 9.97 Å². The van der Waals surface area contributed by atoms with Crippen LogP contribution in [0.25, 0.3) is 35.4 Å². The molecule has 0 radical (unpaired) electrons. The van der Waals surface area contributed by atoms with Crippen molar-refractivity contribution in [3.63, 3.8) is 0 Å². The van der Waals surface area contributed by atoms with Crippen molar-refractivity contribution in [1.29, 1.82) is 0 Å². The molecule has 0 fully saturated rings. The van der Waals surface area contributed by atoms with Gasteiger partial charge in [0.25, 0.3) is 0 Å². The lowest BCUT2D eigenvalue weighted by Gasteiger charge is -2.02. The van der Waals surface area contributed by atoms with Gasteiger partial charge in [0, 0.05) is 23.5 Å². The van der Waals surface area contributed by atoms with Gasteiger partial charge in [0.1, 0.15) is 11.5 Å². The van der Waals surface area contributed by atoms with E-state index >= 15 is 0 Å². The molecule has 0 bridgehead atoms. The molecule has 2 aromatic heterocycles. The summed E-state index contributed by atoms with van der Waals surface area (Å²) in [6, 6.07) is 22.0. The van der Waals surface area contributed by atoms with E-state index in [-0.39, 0.29) is 11.5 Å². The standard InChI is InChI=1S/C26H20N2O2/c29-25-13-3-19(4-14-25)1-9-23-11-7-21(17-27-23)22-8-12-24(28-18-22)10-2-20-5-15-26(30)16-6-20/h1-18,29-30H. The average molecular weight is 392 g/mol. The SMILES string of the molecule is Oc1ccc(C=Cc2ccc(-c3ccc(C=Cc4ccc(O)cc4)nc3)cn2)cc1. The van der Waals surface area contributed by atoms with Crippen molar-refractivity contribution in [2.24, 2.45) is 0 Å². The lowest BCUT2D eigenvalue weighted by atomic mass is 10.1. The molecule has 0 aliphatic carbocycles. The molecule has 0 saturated carbocycles. The second kappa shape index (κ2) is 8.88. The van der Waals surface area contributed by atoms with Gasteiger partial charge in [-0.25, -0.2) is 0 Å². The minimum atomic E-state index is 0.255. The summed E-state index contributed by atoms with van der Waals surface area (Å²) in [6.45, 7) is 0. The number of hydrogen-bond acceptors (Lipinski definition) is 4. The lowest BCUT2D eigenvalue weighted by molar-refractivity contribution is 0.474. The number of aromatic hydroxyl groups is 2. The van der Waals surface area contributed by atoms with E-state index in [9.17, 15) is 10.2 Å². The third-order valence-corrected chi connectivity index (χ3v) is 4.59. The topological polar surface area (TPSA) is 66.2 Å². The lowest BCUT2D eigenvalue weighted by Crippen LogP contribution is -1.86. The highest BCUT2D eigenvalue weighted by atomic mass is 16.3. The number of phenols is 2. The zero-order valence-corrected chi connectivity index (χ0v) is 16.2. The average Bonchev–Trinajstić information content (AvgIpc) is 2.79. The molecule has 0 atom stereocenters. The Hall–Kier alpha value is -4.18. The molecule has 4 heteroatoms. The fraction of sp³-hybridized carbons (Fsp3) is 0. The summed E-state index contributed by atoms with van der Waals surface area (Å²) in [4.78, 5) is 8.99. The van der Waals surface area contributed by atoms with Crippen molar-refractivity contribution < 1.29 is 10.2 Å². The molecule has 4 rings (SSSR count). The highest BCUT2D eigenvalue weighted by molar-refractivity contribution is 5.71. The third kappa shape index (κ3) is 5.00. The van der Waals surface area contributed by atoms with Crippen molar-refractivity contribution in [2.75, 3.05) is 0 Å². The van der Waals surface area contributed by atoms with Crippen molar-refractivity contribution in [3.05, 3.63) is 108 Å². The van der Waals surface area contributed by atoms with Gasteiger partial charge >= 0.3 is 0 Å². The normalized spacial score (nSPS) is 11.3. The van der Waals surface area contributed by atoms with Crippen LogP contribution in [0.1, 0.15) is 22.5 Å². The van der Waals surface area contributed by atoms with Crippen LogP contribution in [0.4, 0.5) is 0 Å². The highest BCUT2D eigenvalue weighted by Gasteiger charge is 2.00. The first-order valence-corrected chi connectivity index (χ1v) is 9.52. The Labute approximate surface area is 175 Å². The highest BCUT2D eigenvalue weighted by Crippen LogP contribution is 2.20. The van der Waals surface area contributed by atoms with Gasteiger partial charge in [0.2, 0.25) is 0 Å². The molecule has 2 heterocycles. The first kappa shape index (κ1) is 19.2. The van der Waals surface area contributed by atoms with E-state index in [2.05, 4.69) is 9.97 Å². The van der Waals surface area contributed by atoms with Crippen molar-refractivity contribution in [3.8, 4) is 22.6 Å². The first-order valence-electron chi connectivity index (χ1n) is 9.52. The maximum atomic E-state index is 9.34. The molecule has 2 aromatic carbocycles. The fourth-order valence-corrected chi connectivity index (χ4v) is 2.88. The molecule has 4 nitrogen and oxygen atoms in total. The Balaban J connectivity index is 1.42. The first-order chi connectivity index (χ1) is 14.7. The molecular weight excluding hydrogens is 372 g/mol. The predicted octanol–water partition coefficient (Wildman–Crippen LogP) is 5.90. The van der Waals surface area contributed by atoms with Crippen LogP contribution in [-0.4, -0.2) is 20.2 Å². The molecule has 0 saturated heterocycles. The quantitative estimate of drug-likeness (QED) is 0.444. The van der Waals surface area contributed by atoms with E-state index < -0.39 is 0 Å². The summed E-state index contributed by atoms with van der Waals surface area (Å²) >= 11 is 0. The molecule has 0 aliphatic rings.